The average Bonchev–Trinajstić information content (AvgIpc) is 3.21. The van der Waals surface area contributed by atoms with E-state index in [1.165, 1.54) is 33.7 Å². The van der Waals surface area contributed by atoms with Gasteiger partial charge in [-0.1, -0.05) is 37.3 Å². The molecule has 3 unspecified atom stereocenters. The average molecular weight is 299 g/mol. The number of hydrogen-bond acceptors (Lipinski definition) is 2. The summed E-state index contributed by atoms with van der Waals surface area (Å²) < 4.78 is 0. The second-order valence-electron chi connectivity index (χ2n) is 6.24. The van der Waals surface area contributed by atoms with Crippen molar-refractivity contribution in [3.63, 3.8) is 0 Å². The van der Waals surface area contributed by atoms with Crippen LogP contribution in [0.3, 0.4) is 0 Å². The lowest BCUT2D eigenvalue weighted by atomic mass is 10.0. The topological polar surface area (TPSA) is 12.0 Å². The monoisotopic (exact) mass is 299 g/mol. The van der Waals surface area contributed by atoms with Gasteiger partial charge in [0.1, 0.15) is 0 Å². The SMILES string of the molecule is CCCNC(c1cc(C)c(C)s1)C1CC1c1ccccc1. The minimum Gasteiger partial charge on any atom is -0.309 e. The van der Waals surface area contributed by atoms with Crippen molar-refractivity contribution in [3.05, 3.63) is 57.3 Å². The smallest absolute Gasteiger partial charge is 0.0449 e. The largest absolute Gasteiger partial charge is 0.309 e. The quantitative estimate of drug-likeness (QED) is 0.772. The molecule has 112 valence electrons. The number of thiophene rings is 1. The number of benzene rings is 1. The molecule has 2 aromatic rings. The minimum atomic E-state index is 0.535. The maximum Gasteiger partial charge on any atom is 0.0449 e. The maximum atomic E-state index is 3.80. The predicted octanol–water partition coefficient (Wildman–Crippen LogP) is 5.21. The standard InChI is InChI=1S/C19H25NS/c1-4-10-20-19(18-11-13(2)14(3)21-18)17-12-16(17)15-8-6-5-7-9-15/h5-9,11,16-17,19-20H,4,10,12H2,1-3H3. The molecule has 0 radical (unpaired) electrons. The van der Waals surface area contributed by atoms with E-state index >= 15 is 0 Å². The van der Waals surface area contributed by atoms with Crippen LogP contribution in [0.25, 0.3) is 0 Å². The van der Waals surface area contributed by atoms with E-state index in [2.05, 4.69) is 62.5 Å². The second-order valence-corrected chi connectivity index (χ2v) is 7.52. The molecule has 1 heterocycles. The van der Waals surface area contributed by atoms with E-state index < -0.39 is 0 Å². The Bertz CT molecular complexity index is 567. The molecule has 3 atom stereocenters. The first kappa shape index (κ1) is 14.8. The van der Waals surface area contributed by atoms with E-state index in [-0.39, 0.29) is 0 Å². The van der Waals surface area contributed by atoms with Crippen LogP contribution in [0.4, 0.5) is 0 Å². The number of nitrogens with one attached hydrogen (secondary N) is 1. The molecule has 3 rings (SSSR count). The molecule has 1 saturated carbocycles. The summed E-state index contributed by atoms with van der Waals surface area (Å²) in [6, 6.07) is 13.9. The highest BCUT2D eigenvalue weighted by Crippen LogP contribution is 2.54. The van der Waals surface area contributed by atoms with E-state index in [0.717, 1.165) is 18.4 Å². The van der Waals surface area contributed by atoms with Gasteiger partial charge in [-0.2, -0.15) is 0 Å². The van der Waals surface area contributed by atoms with Crippen molar-refractivity contribution in [1.82, 2.24) is 5.32 Å². The molecule has 0 spiro atoms. The third-order valence-corrected chi connectivity index (χ3v) is 5.84. The van der Waals surface area contributed by atoms with Crippen LogP contribution < -0.4 is 5.32 Å². The van der Waals surface area contributed by atoms with Crippen LogP contribution in [0.1, 0.15) is 52.6 Å². The van der Waals surface area contributed by atoms with E-state index in [1.54, 1.807) is 0 Å². The summed E-state index contributed by atoms with van der Waals surface area (Å²) in [7, 11) is 0. The third-order valence-electron chi connectivity index (χ3n) is 4.60. The molecule has 1 aromatic carbocycles. The molecule has 0 bridgehead atoms. The Kier molecular flexibility index (Phi) is 4.46. The Balaban J connectivity index is 1.78. The van der Waals surface area contributed by atoms with Crippen molar-refractivity contribution in [1.29, 1.82) is 0 Å². The number of rotatable bonds is 6. The Morgan fingerprint density at radius 2 is 2.00 bits per heavy atom. The highest BCUT2D eigenvalue weighted by molar-refractivity contribution is 7.12. The number of hydrogen-bond donors (Lipinski definition) is 1. The fourth-order valence-corrected chi connectivity index (χ4v) is 4.38. The van der Waals surface area contributed by atoms with Gasteiger partial charge in [0.2, 0.25) is 0 Å². The molecule has 0 amide bonds. The zero-order valence-corrected chi connectivity index (χ0v) is 14.0. The Morgan fingerprint density at radius 1 is 1.24 bits per heavy atom. The molecule has 1 aliphatic carbocycles. The summed E-state index contributed by atoms with van der Waals surface area (Å²) in [5, 5.41) is 3.80. The molecule has 1 nitrogen and oxygen atoms in total. The lowest BCUT2D eigenvalue weighted by Gasteiger charge is -2.17. The molecule has 1 fully saturated rings. The Labute approximate surface area is 132 Å². The zero-order chi connectivity index (χ0) is 14.8. The van der Waals surface area contributed by atoms with Crippen molar-refractivity contribution in [2.75, 3.05) is 6.54 Å². The summed E-state index contributed by atoms with van der Waals surface area (Å²) in [5.74, 6) is 1.50. The van der Waals surface area contributed by atoms with Crippen molar-refractivity contribution >= 4 is 11.3 Å². The molecule has 0 saturated heterocycles. The molecule has 1 N–H and O–H groups in total. The molecule has 21 heavy (non-hydrogen) atoms. The Hall–Kier alpha value is -1.12. The second kappa shape index (κ2) is 6.33. The van der Waals surface area contributed by atoms with Gasteiger partial charge in [0, 0.05) is 15.8 Å². The van der Waals surface area contributed by atoms with Crippen LogP contribution >= 0.6 is 11.3 Å². The highest BCUT2D eigenvalue weighted by atomic mass is 32.1. The van der Waals surface area contributed by atoms with Crippen molar-refractivity contribution in [2.45, 2.75) is 45.6 Å². The molecular formula is C19H25NS. The molecular weight excluding hydrogens is 274 g/mol. The van der Waals surface area contributed by atoms with Crippen LogP contribution in [0.15, 0.2) is 36.4 Å². The van der Waals surface area contributed by atoms with Crippen LogP contribution in [-0.4, -0.2) is 6.54 Å². The Morgan fingerprint density at radius 3 is 2.62 bits per heavy atom. The molecule has 0 aliphatic heterocycles. The molecule has 1 aliphatic rings. The van der Waals surface area contributed by atoms with Crippen LogP contribution in [-0.2, 0) is 0 Å². The fraction of sp³-hybridized carbons (Fsp3) is 0.474. The van der Waals surface area contributed by atoms with Crippen molar-refractivity contribution in [2.24, 2.45) is 5.92 Å². The summed E-state index contributed by atoms with van der Waals surface area (Å²) in [6.45, 7) is 7.82. The first-order chi connectivity index (χ1) is 10.2. The third kappa shape index (κ3) is 3.22. The normalized spacial score (nSPS) is 22.2. The summed E-state index contributed by atoms with van der Waals surface area (Å²) in [4.78, 5) is 2.99. The summed E-state index contributed by atoms with van der Waals surface area (Å²) >= 11 is 1.98. The lowest BCUT2D eigenvalue weighted by molar-refractivity contribution is 0.480. The fourth-order valence-electron chi connectivity index (χ4n) is 3.18. The lowest BCUT2D eigenvalue weighted by Crippen LogP contribution is -2.23. The van der Waals surface area contributed by atoms with Gasteiger partial charge in [0.15, 0.2) is 0 Å². The van der Waals surface area contributed by atoms with Gasteiger partial charge in [0.05, 0.1) is 0 Å². The van der Waals surface area contributed by atoms with Crippen molar-refractivity contribution < 1.29 is 0 Å². The maximum absolute atomic E-state index is 3.80. The minimum absolute atomic E-state index is 0.535. The highest BCUT2D eigenvalue weighted by Gasteiger charge is 2.44. The van der Waals surface area contributed by atoms with Crippen molar-refractivity contribution in [3.8, 4) is 0 Å². The van der Waals surface area contributed by atoms with E-state index in [4.69, 9.17) is 0 Å². The van der Waals surface area contributed by atoms with Crippen LogP contribution in [0, 0.1) is 19.8 Å². The van der Waals surface area contributed by atoms with Gasteiger partial charge in [-0.3, -0.25) is 0 Å². The van der Waals surface area contributed by atoms with Gasteiger partial charge in [0.25, 0.3) is 0 Å². The van der Waals surface area contributed by atoms with Crippen LogP contribution in [0.5, 0.6) is 0 Å². The first-order valence-corrected chi connectivity index (χ1v) is 8.87. The van der Waals surface area contributed by atoms with Gasteiger partial charge in [-0.15, -0.1) is 11.3 Å². The first-order valence-electron chi connectivity index (χ1n) is 8.06. The van der Waals surface area contributed by atoms with Crippen LogP contribution in [0.2, 0.25) is 0 Å². The van der Waals surface area contributed by atoms with Gasteiger partial charge < -0.3 is 5.32 Å². The summed E-state index contributed by atoms with van der Waals surface area (Å²) in [6.07, 6.45) is 2.52. The molecule has 1 aromatic heterocycles. The van der Waals surface area contributed by atoms with Gasteiger partial charge >= 0.3 is 0 Å². The summed E-state index contributed by atoms with van der Waals surface area (Å²) in [5.41, 5.74) is 2.95. The van der Waals surface area contributed by atoms with E-state index in [1.807, 2.05) is 11.3 Å². The van der Waals surface area contributed by atoms with E-state index in [9.17, 15) is 0 Å². The van der Waals surface area contributed by atoms with Gasteiger partial charge in [-0.25, -0.2) is 0 Å². The predicted molar refractivity (Wildman–Crippen MR) is 92.1 cm³/mol. The van der Waals surface area contributed by atoms with E-state index in [0.29, 0.717) is 6.04 Å². The van der Waals surface area contributed by atoms with Gasteiger partial charge in [-0.05, 0) is 62.3 Å². The molecule has 2 heteroatoms. The zero-order valence-electron chi connectivity index (χ0n) is 13.2. The number of aryl methyl sites for hydroxylation is 2.